The minimum absolute atomic E-state index is 0.795. The highest BCUT2D eigenvalue weighted by atomic mass is 35.5. The number of halogens is 1. The number of allylic oxidation sites excluding steroid dienone is 2. The molecule has 23 heavy (non-hydrogen) atoms. The molecule has 0 saturated heterocycles. The second-order valence-corrected chi connectivity index (χ2v) is 6.46. The third kappa shape index (κ3) is 6.62. The highest BCUT2D eigenvalue weighted by Crippen LogP contribution is 2.10. The number of rotatable bonds is 10. The van der Waals surface area contributed by atoms with E-state index in [1.807, 2.05) is 18.3 Å². The third-order valence-electron chi connectivity index (χ3n) is 4.10. The van der Waals surface area contributed by atoms with Gasteiger partial charge in [-0.25, -0.2) is 9.55 Å². The van der Waals surface area contributed by atoms with Gasteiger partial charge >= 0.3 is 0 Å². The molecule has 2 nitrogen and oxygen atoms in total. The summed E-state index contributed by atoms with van der Waals surface area (Å²) in [6, 6.07) is 8.06. The monoisotopic (exact) mass is 331 g/mol. The number of hydrogen-bond donors (Lipinski definition) is 1. The molecule has 0 fully saturated rings. The van der Waals surface area contributed by atoms with Crippen LogP contribution in [0.2, 0.25) is 5.02 Å². The summed E-state index contributed by atoms with van der Waals surface area (Å²) < 4.78 is 2.35. The van der Waals surface area contributed by atoms with Crippen LogP contribution in [0.5, 0.6) is 0 Å². The van der Waals surface area contributed by atoms with Crippen LogP contribution in [-0.4, -0.2) is 4.98 Å². The summed E-state index contributed by atoms with van der Waals surface area (Å²) >= 11 is 5.90. The summed E-state index contributed by atoms with van der Waals surface area (Å²) in [5, 5.41) is 0.795. The highest BCUT2D eigenvalue weighted by Gasteiger charge is 2.07. The number of unbranched alkanes of at least 4 members (excludes halogenated alkanes) is 4. The van der Waals surface area contributed by atoms with Gasteiger partial charge in [-0.3, -0.25) is 0 Å². The van der Waals surface area contributed by atoms with Gasteiger partial charge in [0.25, 0.3) is 5.82 Å². The van der Waals surface area contributed by atoms with E-state index in [4.69, 9.17) is 11.6 Å². The van der Waals surface area contributed by atoms with Crippen molar-refractivity contribution < 1.29 is 4.57 Å². The fourth-order valence-electron chi connectivity index (χ4n) is 2.70. The third-order valence-corrected chi connectivity index (χ3v) is 4.35. The summed E-state index contributed by atoms with van der Waals surface area (Å²) in [6.45, 7) is 3.38. The number of aromatic nitrogens is 2. The van der Waals surface area contributed by atoms with Crippen LogP contribution >= 0.6 is 11.6 Å². The molecule has 0 aliphatic carbocycles. The maximum Gasteiger partial charge on any atom is 0.258 e. The molecule has 0 radical (unpaired) electrons. The maximum atomic E-state index is 5.90. The van der Waals surface area contributed by atoms with E-state index >= 15 is 0 Å². The van der Waals surface area contributed by atoms with Crippen molar-refractivity contribution in [1.82, 2.24) is 4.98 Å². The molecule has 0 saturated carbocycles. The molecule has 124 valence electrons. The van der Waals surface area contributed by atoms with Crippen molar-refractivity contribution in [3.63, 3.8) is 0 Å². The van der Waals surface area contributed by atoms with Crippen molar-refractivity contribution in [1.29, 1.82) is 0 Å². The van der Waals surface area contributed by atoms with Crippen molar-refractivity contribution >= 4 is 11.6 Å². The van der Waals surface area contributed by atoms with Gasteiger partial charge in [0.05, 0.1) is 13.0 Å². The van der Waals surface area contributed by atoms with Crippen LogP contribution in [0.25, 0.3) is 0 Å². The Bertz CT molecular complexity index is 584. The zero-order valence-electron chi connectivity index (χ0n) is 14.1. The number of hydrogen-bond acceptors (Lipinski definition) is 0. The Balaban J connectivity index is 1.74. The molecule has 2 aromatic rings. The van der Waals surface area contributed by atoms with Crippen LogP contribution in [0.4, 0.5) is 0 Å². The van der Waals surface area contributed by atoms with Crippen LogP contribution in [0.3, 0.4) is 0 Å². The minimum Gasteiger partial charge on any atom is -0.247 e. The van der Waals surface area contributed by atoms with Gasteiger partial charge in [-0.1, -0.05) is 62.1 Å². The highest BCUT2D eigenvalue weighted by molar-refractivity contribution is 6.30. The van der Waals surface area contributed by atoms with Crippen molar-refractivity contribution in [2.75, 3.05) is 0 Å². The van der Waals surface area contributed by atoms with Crippen LogP contribution in [0.15, 0.2) is 48.8 Å². The van der Waals surface area contributed by atoms with E-state index in [9.17, 15) is 0 Å². The lowest BCUT2D eigenvalue weighted by atomic mass is 10.1. The molecule has 3 heteroatoms. The number of imidazole rings is 1. The first-order chi connectivity index (χ1) is 11.3. The minimum atomic E-state index is 0.795. The first kappa shape index (κ1) is 17.8. The van der Waals surface area contributed by atoms with Gasteiger partial charge in [0.2, 0.25) is 0 Å². The molecule has 0 aliphatic heterocycles. The van der Waals surface area contributed by atoms with Crippen LogP contribution < -0.4 is 4.57 Å². The number of aromatic amines is 1. The number of H-pyrrole nitrogens is 1. The van der Waals surface area contributed by atoms with Gasteiger partial charge in [0.15, 0.2) is 0 Å². The van der Waals surface area contributed by atoms with Gasteiger partial charge in [-0.05, 0) is 37.0 Å². The van der Waals surface area contributed by atoms with E-state index in [2.05, 4.69) is 47.0 Å². The topological polar surface area (TPSA) is 19.7 Å². The van der Waals surface area contributed by atoms with Gasteiger partial charge in [-0.15, -0.1) is 0 Å². The molecule has 0 aliphatic rings. The standard InChI is InChI=1S/C20H27ClN2/c1-2-3-4-5-8-16-23-17-15-22-20(23)10-7-6-9-18-11-13-19(21)14-12-18/h6-7,11-15,17H,2-5,8-10,16H2,1H3/p+1/b7-6-. The normalized spacial score (nSPS) is 11.4. The Hall–Kier alpha value is -1.54. The first-order valence-electron chi connectivity index (χ1n) is 8.74. The van der Waals surface area contributed by atoms with Crippen molar-refractivity contribution in [3.05, 3.63) is 65.2 Å². The summed E-state index contributed by atoms with van der Waals surface area (Å²) in [4.78, 5) is 3.36. The summed E-state index contributed by atoms with van der Waals surface area (Å²) in [5.41, 5.74) is 1.29. The average Bonchev–Trinajstić information content (AvgIpc) is 3.00. The fraction of sp³-hybridized carbons (Fsp3) is 0.450. The number of aryl methyl sites for hydroxylation is 1. The quantitative estimate of drug-likeness (QED) is 0.348. The van der Waals surface area contributed by atoms with Gasteiger partial charge < -0.3 is 0 Å². The van der Waals surface area contributed by atoms with Crippen molar-refractivity contribution in [2.24, 2.45) is 0 Å². The lowest BCUT2D eigenvalue weighted by Crippen LogP contribution is -2.35. The molecule has 0 unspecified atom stereocenters. The maximum absolute atomic E-state index is 5.90. The molecule has 0 spiro atoms. The Kier molecular flexibility index (Phi) is 7.96. The Labute approximate surface area is 145 Å². The summed E-state index contributed by atoms with van der Waals surface area (Å²) in [6.07, 6.45) is 17.2. The summed E-state index contributed by atoms with van der Waals surface area (Å²) in [5.74, 6) is 1.29. The lowest BCUT2D eigenvalue weighted by molar-refractivity contribution is -0.702. The molecule has 1 heterocycles. The molecular weight excluding hydrogens is 304 g/mol. The van der Waals surface area contributed by atoms with Gasteiger partial charge in [0.1, 0.15) is 12.4 Å². The van der Waals surface area contributed by atoms with Gasteiger partial charge in [0, 0.05) is 5.02 Å². The van der Waals surface area contributed by atoms with E-state index in [-0.39, 0.29) is 0 Å². The molecule has 2 rings (SSSR count). The van der Waals surface area contributed by atoms with E-state index in [1.165, 1.54) is 43.5 Å². The van der Waals surface area contributed by atoms with Crippen molar-refractivity contribution in [2.45, 2.75) is 58.4 Å². The predicted molar refractivity (Wildman–Crippen MR) is 97.7 cm³/mol. The van der Waals surface area contributed by atoms with Crippen molar-refractivity contribution in [3.8, 4) is 0 Å². The molecule has 1 N–H and O–H groups in total. The molecular formula is C20H28ClN2+. The Morgan fingerprint density at radius 3 is 2.52 bits per heavy atom. The number of nitrogens with one attached hydrogen (secondary N) is 1. The van der Waals surface area contributed by atoms with E-state index in [1.54, 1.807) is 0 Å². The van der Waals surface area contributed by atoms with Crippen LogP contribution in [0.1, 0.15) is 50.4 Å². The van der Waals surface area contributed by atoms with E-state index < -0.39 is 0 Å². The molecule has 0 atom stereocenters. The molecule has 1 aromatic heterocycles. The van der Waals surface area contributed by atoms with Crippen LogP contribution in [-0.2, 0) is 19.4 Å². The molecule has 0 bridgehead atoms. The van der Waals surface area contributed by atoms with Crippen LogP contribution in [0, 0.1) is 0 Å². The molecule has 1 aromatic carbocycles. The zero-order valence-corrected chi connectivity index (χ0v) is 14.9. The second-order valence-electron chi connectivity index (χ2n) is 6.02. The molecule has 0 amide bonds. The lowest BCUT2D eigenvalue weighted by Gasteiger charge is -2.00. The second kappa shape index (κ2) is 10.3. The fourth-order valence-corrected chi connectivity index (χ4v) is 2.83. The zero-order chi connectivity index (χ0) is 16.3. The number of benzene rings is 1. The summed E-state index contributed by atoms with van der Waals surface area (Å²) in [7, 11) is 0. The van der Waals surface area contributed by atoms with Gasteiger partial charge in [-0.2, -0.15) is 0 Å². The Morgan fingerprint density at radius 2 is 1.74 bits per heavy atom. The SMILES string of the molecule is CCCCCCC[n+]1cc[nH]c1C/C=C\Cc1ccc(Cl)cc1. The first-order valence-corrected chi connectivity index (χ1v) is 9.12. The number of nitrogens with zero attached hydrogens (tertiary/aromatic N) is 1. The van der Waals surface area contributed by atoms with E-state index in [0.717, 1.165) is 24.4 Å². The van der Waals surface area contributed by atoms with E-state index in [0.29, 0.717) is 0 Å². The average molecular weight is 332 g/mol. The Morgan fingerprint density at radius 1 is 1.00 bits per heavy atom. The predicted octanol–water partition coefficient (Wildman–Crippen LogP) is 5.27. The smallest absolute Gasteiger partial charge is 0.247 e. The largest absolute Gasteiger partial charge is 0.258 e.